The highest BCUT2D eigenvalue weighted by Gasteiger charge is 2.45. The van der Waals surface area contributed by atoms with Gasteiger partial charge in [-0.25, -0.2) is 4.39 Å². The molecule has 0 amide bonds. The van der Waals surface area contributed by atoms with Crippen LogP contribution in [0, 0.1) is 5.82 Å². The van der Waals surface area contributed by atoms with Crippen LogP contribution < -0.4 is 10.1 Å². The lowest BCUT2D eigenvalue weighted by Gasteiger charge is -2.28. The summed E-state index contributed by atoms with van der Waals surface area (Å²) in [5, 5.41) is 3.38. The van der Waals surface area contributed by atoms with E-state index in [1.54, 1.807) is 6.07 Å². The second-order valence-electron chi connectivity index (χ2n) is 6.44. The van der Waals surface area contributed by atoms with Crippen molar-refractivity contribution >= 4 is 5.69 Å². The van der Waals surface area contributed by atoms with Gasteiger partial charge >= 0.3 is 0 Å². The summed E-state index contributed by atoms with van der Waals surface area (Å²) < 4.78 is 25.1. The Hall–Kier alpha value is -1.29. The van der Waals surface area contributed by atoms with E-state index < -0.39 is 0 Å². The predicted octanol–water partition coefficient (Wildman–Crippen LogP) is 3.98. The number of hydrogen-bond donors (Lipinski definition) is 1. The molecule has 1 N–H and O–H groups in total. The summed E-state index contributed by atoms with van der Waals surface area (Å²) in [6, 6.07) is 5.13. The smallest absolute Gasteiger partial charge is 0.167 e. The number of ether oxygens (including phenoxy) is 2. The van der Waals surface area contributed by atoms with Crippen molar-refractivity contribution in [3.63, 3.8) is 0 Å². The van der Waals surface area contributed by atoms with Gasteiger partial charge in [-0.3, -0.25) is 0 Å². The summed E-state index contributed by atoms with van der Waals surface area (Å²) in [5.74, 6) is -0.0480. The highest BCUT2D eigenvalue weighted by atomic mass is 19.1. The maximum atomic E-state index is 13.9. The lowest BCUT2D eigenvalue weighted by molar-refractivity contribution is -0.0662. The van der Waals surface area contributed by atoms with Crippen LogP contribution in [-0.2, 0) is 4.74 Å². The maximum Gasteiger partial charge on any atom is 0.167 e. The third-order valence-corrected chi connectivity index (χ3v) is 3.65. The minimum Gasteiger partial charge on any atom is -0.491 e. The molecule has 20 heavy (non-hydrogen) atoms. The summed E-state index contributed by atoms with van der Waals surface area (Å²) in [4.78, 5) is 0. The van der Waals surface area contributed by atoms with Gasteiger partial charge in [-0.05, 0) is 53.2 Å². The quantitative estimate of drug-likeness (QED) is 0.905. The van der Waals surface area contributed by atoms with E-state index in [1.165, 1.54) is 6.07 Å². The van der Waals surface area contributed by atoms with E-state index in [9.17, 15) is 4.39 Å². The molecule has 0 aliphatic carbocycles. The van der Waals surface area contributed by atoms with Crippen LogP contribution in [0.3, 0.4) is 0 Å². The first-order valence-corrected chi connectivity index (χ1v) is 7.12. The van der Waals surface area contributed by atoms with E-state index in [-0.39, 0.29) is 23.1 Å². The van der Waals surface area contributed by atoms with Crippen molar-refractivity contribution in [3.05, 3.63) is 24.0 Å². The maximum absolute atomic E-state index is 13.9. The van der Waals surface area contributed by atoms with Crippen LogP contribution in [0.4, 0.5) is 10.1 Å². The molecule has 3 nitrogen and oxygen atoms in total. The summed E-state index contributed by atoms with van der Waals surface area (Å²) >= 11 is 0. The first-order valence-electron chi connectivity index (χ1n) is 7.12. The molecular formula is C16H24FNO2. The molecular weight excluding hydrogens is 257 g/mol. The molecule has 1 saturated heterocycles. The fourth-order valence-corrected chi connectivity index (χ4v) is 2.85. The minimum atomic E-state index is -0.340. The van der Waals surface area contributed by atoms with Crippen molar-refractivity contribution in [3.8, 4) is 5.75 Å². The van der Waals surface area contributed by atoms with E-state index in [4.69, 9.17) is 9.47 Å². The summed E-state index contributed by atoms with van der Waals surface area (Å²) in [7, 11) is 0. The first-order chi connectivity index (χ1) is 9.23. The third-order valence-electron chi connectivity index (χ3n) is 3.65. The van der Waals surface area contributed by atoms with Gasteiger partial charge in [0.25, 0.3) is 0 Å². The number of hydrogen-bond acceptors (Lipinski definition) is 3. The van der Waals surface area contributed by atoms with Gasteiger partial charge < -0.3 is 14.8 Å². The van der Waals surface area contributed by atoms with E-state index in [0.717, 1.165) is 12.1 Å². The Morgan fingerprint density at radius 2 is 2.05 bits per heavy atom. The molecule has 1 heterocycles. The van der Waals surface area contributed by atoms with Crippen molar-refractivity contribution < 1.29 is 13.9 Å². The van der Waals surface area contributed by atoms with Gasteiger partial charge in [0.2, 0.25) is 0 Å². The molecule has 112 valence electrons. The lowest BCUT2D eigenvalue weighted by atomic mass is 9.94. The minimum absolute atomic E-state index is 0.148. The Balaban J connectivity index is 2.12. The van der Waals surface area contributed by atoms with Crippen LogP contribution in [0.15, 0.2) is 18.2 Å². The van der Waals surface area contributed by atoms with Crippen LogP contribution in [0.5, 0.6) is 5.75 Å². The number of rotatable bonds is 4. The average Bonchev–Trinajstić information content (AvgIpc) is 2.50. The molecule has 1 aromatic carbocycles. The largest absolute Gasteiger partial charge is 0.491 e. The van der Waals surface area contributed by atoms with Crippen molar-refractivity contribution in [1.82, 2.24) is 0 Å². The predicted molar refractivity (Wildman–Crippen MR) is 78.8 cm³/mol. The van der Waals surface area contributed by atoms with Crippen LogP contribution in [0.2, 0.25) is 0 Å². The summed E-state index contributed by atoms with van der Waals surface area (Å²) in [5.41, 5.74) is 0.314. The molecule has 1 atom stereocenters. The monoisotopic (exact) mass is 281 g/mol. The Morgan fingerprint density at radius 3 is 2.55 bits per heavy atom. The average molecular weight is 281 g/mol. The van der Waals surface area contributed by atoms with Gasteiger partial charge in [-0.1, -0.05) is 0 Å². The van der Waals surface area contributed by atoms with E-state index in [1.807, 2.05) is 13.0 Å². The molecule has 1 fully saturated rings. The molecule has 1 aliphatic heterocycles. The molecule has 0 radical (unpaired) electrons. The molecule has 4 heteroatoms. The van der Waals surface area contributed by atoms with E-state index in [2.05, 4.69) is 33.0 Å². The van der Waals surface area contributed by atoms with Crippen molar-refractivity contribution in [2.45, 2.75) is 58.3 Å². The normalized spacial score (nSPS) is 23.6. The molecule has 1 aromatic rings. The summed E-state index contributed by atoms with van der Waals surface area (Å²) in [6.45, 7) is 10.6. The van der Waals surface area contributed by atoms with Gasteiger partial charge in [-0.2, -0.15) is 0 Å². The van der Waals surface area contributed by atoms with E-state index in [0.29, 0.717) is 12.4 Å². The van der Waals surface area contributed by atoms with Crippen molar-refractivity contribution in [2.75, 3.05) is 11.9 Å². The standard InChI is InChI=1S/C16H24FNO2/c1-6-19-13-8-7-11(9-12(13)17)18-14-10-15(2,3)20-16(14,4)5/h7-9,14,18H,6,10H2,1-5H3. The zero-order valence-corrected chi connectivity index (χ0v) is 12.9. The molecule has 2 rings (SSSR count). The zero-order chi connectivity index (χ0) is 15.0. The van der Waals surface area contributed by atoms with Crippen LogP contribution in [0.1, 0.15) is 41.0 Å². The molecule has 1 unspecified atom stereocenters. The summed E-state index contributed by atoms with van der Waals surface area (Å²) in [6.07, 6.45) is 0.884. The van der Waals surface area contributed by atoms with Gasteiger partial charge in [0, 0.05) is 11.8 Å². The van der Waals surface area contributed by atoms with Crippen molar-refractivity contribution in [1.29, 1.82) is 0 Å². The second kappa shape index (κ2) is 5.24. The number of halogens is 1. The lowest BCUT2D eigenvalue weighted by Crippen LogP contribution is -2.38. The Morgan fingerprint density at radius 1 is 1.35 bits per heavy atom. The number of nitrogens with one attached hydrogen (secondary N) is 1. The van der Waals surface area contributed by atoms with Gasteiger partial charge in [-0.15, -0.1) is 0 Å². The molecule has 0 bridgehead atoms. The Bertz CT molecular complexity index is 485. The fraction of sp³-hybridized carbons (Fsp3) is 0.625. The van der Waals surface area contributed by atoms with E-state index >= 15 is 0 Å². The van der Waals surface area contributed by atoms with Crippen LogP contribution in [0.25, 0.3) is 0 Å². The molecule has 1 aliphatic rings. The molecule has 0 spiro atoms. The number of anilines is 1. The van der Waals surface area contributed by atoms with Gasteiger partial charge in [0.05, 0.1) is 23.9 Å². The van der Waals surface area contributed by atoms with Gasteiger partial charge in [0.1, 0.15) is 0 Å². The zero-order valence-electron chi connectivity index (χ0n) is 12.9. The third kappa shape index (κ3) is 3.23. The van der Waals surface area contributed by atoms with Crippen LogP contribution in [-0.4, -0.2) is 23.9 Å². The topological polar surface area (TPSA) is 30.5 Å². The molecule has 0 saturated carbocycles. The number of benzene rings is 1. The first kappa shape index (κ1) is 15.1. The fourth-order valence-electron chi connectivity index (χ4n) is 2.85. The second-order valence-corrected chi connectivity index (χ2v) is 6.44. The highest BCUT2D eigenvalue weighted by molar-refractivity contribution is 5.48. The Kier molecular flexibility index (Phi) is 3.96. The van der Waals surface area contributed by atoms with Crippen LogP contribution >= 0.6 is 0 Å². The SMILES string of the molecule is CCOc1ccc(NC2CC(C)(C)OC2(C)C)cc1F. The van der Waals surface area contributed by atoms with Crippen molar-refractivity contribution in [2.24, 2.45) is 0 Å². The van der Waals surface area contributed by atoms with Gasteiger partial charge in [0.15, 0.2) is 11.6 Å². The molecule has 0 aromatic heterocycles. The highest BCUT2D eigenvalue weighted by Crippen LogP contribution is 2.39. The Labute approximate surface area is 120 Å².